The van der Waals surface area contributed by atoms with Gasteiger partial charge in [-0.05, 0) is 35.9 Å². The zero-order valence-corrected chi connectivity index (χ0v) is 14.1. The Morgan fingerprint density at radius 3 is 2.41 bits per heavy atom. The lowest BCUT2D eigenvalue weighted by atomic mass is 9.93. The number of amides is 2. The van der Waals surface area contributed by atoms with Crippen LogP contribution in [-0.4, -0.2) is 23.5 Å². The van der Waals surface area contributed by atoms with E-state index in [9.17, 15) is 19.1 Å². The molecule has 0 bridgehead atoms. The lowest BCUT2D eigenvalue weighted by molar-refractivity contribution is -0.139. The topological polar surface area (TPSA) is 105 Å². The number of benzene rings is 1. The minimum Gasteiger partial charge on any atom is -0.472 e. The van der Waals surface area contributed by atoms with Gasteiger partial charge in [-0.15, -0.1) is 0 Å². The lowest BCUT2D eigenvalue weighted by Gasteiger charge is -2.25. The fourth-order valence-electron chi connectivity index (χ4n) is 2.50. The van der Waals surface area contributed by atoms with Crippen LogP contribution >= 0.6 is 0 Å². The Hall–Kier alpha value is -3.39. The van der Waals surface area contributed by atoms with Crippen LogP contribution in [0.15, 0.2) is 70.1 Å². The average molecular weight is 372 g/mol. The maximum Gasteiger partial charge on any atom is 0.309 e. The third-order valence-corrected chi connectivity index (χ3v) is 4.00. The molecular weight excluding hydrogens is 355 g/mol. The van der Waals surface area contributed by atoms with Crippen LogP contribution in [-0.2, 0) is 21.7 Å². The molecule has 0 fully saturated rings. The van der Waals surface area contributed by atoms with E-state index in [2.05, 4.69) is 10.6 Å². The molecule has 27 heavy (non-hydrogen) atoms. The molecule has 3 rings (SSSR count). The third kappa shape index (κ3) is 4.24. The Balaban J connectivity index is 1.61. The van der Waals surface area contributed by atoms with Crippen LogP contribution in [0.1, 0.15) is 16.9 Å². The highest BCUT2D eigenvalue weighted by Gasteiger charge is 2.36. The zero-order valence-electron chi connectivity index (χ0n) is 14.1. The number of halogens is 1. The number of carbonyl (C=O) groups excluding carboxylic acids is 2. The smallest absolute Gasteiger partial charge is 0.309 e. The summed E-state index contributed by atoms with van der Waals surface area (Å²) in [5.74, 6) is -2.01. The van der Waals surface area contributed by atoms with Gasteiger partial charge in [0.1, 0.15) is 11.6 Å². The van der Waals surface area contributed by atoms with Gasteiger partial charge >= 0.3 is 11.8 Å². The first-order valence-electron chi connectivity index (χ1n) is 8.08. The van der Waals surface area contributed by atoms with Crippen molar-refractivity contribution >= 4 is 11.8 Å². The van der Waals surface area contributed by atoms with Crippen molar-refractivity contribution in [1.29, 1.82) is 0 Å². The van der Waals surface area contributed by atoms with E-state index in [0.717, 1.165) is 0 Å². The summed E-state index contributed by atoms with van der Waals surface area (Å²) in [5, 5.41) is 15.8. The van der Waals surface area contributed by atoms with E-state index < -0.39 is 17.4 Å². The second-order valence-electron chi connectivity index (χ2n) is 5.84. The third-order valence-electron chi connectivity index (χ3n) is 4.00. The molecule has 0 radical (unpaired) electrons. The first kappa shape index (κ1) is 18.4. The molecule has 2 amide bonds. The minimum atomic E-state index is -1.69. The number of nitrogens with one attached hydrogen (secondary N) is 2. The highest BCUT2D eigenvalue weighted by atomic mass is 19.1. The van der Waals surface area contributed by atoms with E-state index in [0.29, 0.717) is 11.1 Å². The number of hydrogen-bond acceptors (Lipinski definition) is 5. The summed E-state index contributed by atoms with van der Waals surface area (Å²) in [7, 11) is 0. The highest BCUT2D eigenvalue weighted by molar-refractivity contribution is 6.35. The van der Waals surface area contributed by atoms with E-state index >= 15 is 0 Å². The molecule has 3 aromatic rings. The van der Waals surface area contributed by atoms with Crippen LogP contribution in [0.25, 0.3) is 0 Å². The normalized spacial score (nSPS) is 13.0. The molecule has 0 aliphatic rings. The first-order valence-corrected chi connectivity index (χ1v) is 8.08. The van der Waals surface area contributed by atoms with Gasteiger partial charge in [0.2, 0.25) is 0 Å². The van der Waals surface area contributed by atoms with Gasteiger partial charge in [0.05, 0.1) is 25.3 Å². The molecule has 0 aliphatic heterocycles. The molecule has 8 heteroatoms. The van der Waals surface area contributed by atoms with Crippen molar-refractivity contribution in [2.45, 2.75) is 12.1 Å². The van der Waals surface area contributed by atoms with Gasteiger partial charge in [0.25, 0.3) is 0 Å². The standard InChI is InChI=1S/C19H17FN2O5/c20-15-5-3-13(4-6-15)10-21-17(23)18(24)22-12-19(25,14-7-9-26-11-14)16-2-1-8-27-16/h1-9,11,25H,10,12H2,(H,21,23)(H,22,24)/t19-/m0/s1. The predicted molar refractivity (Wildman–Crippen MR) is 91.7 cm³/mol. The Morgan fingerprint density at radius 1 is 1.04 bits per heavy atom. The maximum atomic E-state index is 12.9. The van der Waals surface area contributed by atoms with E-state index in [1.807, 2.05) is 0 Å². The monoisotopic (exact) mass is 372 g/mol. The van der Waals surface area contributed by atoms with Crippen LogP contribution in [0.3, 0.4) is 0 Å². The van der Waals surface area contributed by atoms with Crippen LogP contribution in [0.5, 0.6) is 0 Å². The molecule has 1 aromatic carbocycles. The number of hydrogen-bond donors (Lipinski definition) is 3. The molecule has 0 spiro atoms. The zero-order chi connectivity index (χ0) is 19.3. The molecule has 140 valence electrons. The van der Waals surface area contributed by atoms with Gasteiger partial charge in [0.15, 0.2) is 5.60 Å². The summed E-state index contributed by atoms with van der Waals surface area (Å²) in [4.78, 5) is 24.0. The fourth-order valence-corrected chi connectivity index (χ4v) is 2.50. The van der Waals surface area contributed by atoms with Crippen molar-refractivity contribution in [3.8, 4) is 0 Å². The van der Waals surface area contributed by atoms with Crippen molar-refractivity contribution in [2.24, 2.45) is 0 Å². The molecule has 1 atom stereocenters. The molecule has 7 nitrogen and oxygen atoms in total. The maximum absolute atomic E-state index is 12.9. The molecule has 0 unspecified atom stereocenters. The van der Waals surface area contributed by atoms with Crippen molar-refractivity contribution in [1.82, 2.24) is 10.6 Å². The molecule has 2 aromatic heterocycles. The van der Waals surface area contributed by atoms with Crippen molar-refractivity contribution < 1.29 is 27.9 Å². The van der Waals surface area contributed by atoms with Crippen LogP contribution in [0.4, 0.5) is 4.39 Å². The van der Waals surface area contributed by atoms with Gasteiger partial charge in [-0.1, -0.05) is 12.1 Å². The van der Waals surface area contributed by atoms with Gasteiger partial charge in [-0.3, -0.25) is 9.59 Å². The Morgan fingerprint density at radius 2 is 1.78 bits per heavy atom. The van der Waals surface area contributed by atoms with Gasteiger partial charge in [-0.2, -0.15) is 0 Å². The van der Waals surface area contributed by atoms with E-state index in [4.69, 9.17) is 8.83 Å². The van der Waals surface area contributed by atoms with Crippen LogP contribution < -0.4 is 10.6 Å². The summed E-state index contributed by atoms with van der Waals surface area (Å²) >= 11 is 0. The molecule has 3 N–H and O–H groups in total. The SMILES string of the molecule is O=C(NCc1ccc(F)cc1)C(=O)NC[C@](O)(c1ccoc1)c1ccco1. The predicted octanol–water partition coefficient (Wildman–Crippen LogP) is 1.68. The minimum absolute atomic E-state index is 0.0662. The highest BCUT2D eigenvalue weighted by Crippen LogP contribution is 2.29. The summed E-state index contributed by atoms with van der Waals surface area (Å²) in [6, 6.07) is 10.2. The van der Waals surface area contributed by atoms with Gasteiger partial charge in [-0.25, -0.2) is 4.39 Å². The Labute approximate surface area is 153 Å². The summed E-state index contributed by atoms with van der Waals surface area (Å²) in [6.45, 7) is -0.237. The van der Waals surface area contributed by atoms with E-state index in [1.54, 1.807) is 12.1 Å². The second-order valence-corrected chi connectivity index (χ2v) is 5.84. The summed E-state index contributed by atoms with van der Waals surface area (Å²) < 4.78 is 23.1. The van der Waals surface area contributed by atoms with Crippen molar-refractivity contribution in [3.63, 3.8) is 0 Å². The van der Waals surface area contributed by atoms with E-state index in [1.165, 1.54) is 49.1 Å². The Bertz CT molecular complexity index is 855. The summed E-state index contributed by atoms with van der Waals surface area (Å²) in [6.07, 6.45) is 4.08. The number of furan rings is 2. The Kier molecular flexibility index (Phi) is 5.37. The lowest BCUT2D eigenvalue weighted by Crippen LogP contribution is -2.46. The van der Waals surface area contributed by atoms with Crippen molar-refractivity contribution in [2.75, 3.05) is 6.54 Å². The molecular formula is C19H17FN2O5. The number of aliphatic hydroxyl groups is 1. The van der Waals surface area contributed by atoms with E-state index in [-0.39, 0.29) is 24.7 Å². The quantitative estimate of drug-likeness (QED) is 0.571. The fraction of sp³-hybridized carbons (Fsp3) is 0.158. The largest absolute Gasteiger partial charge is 0.472 e. The van der Waals surface area contributed by atoms with Crippen LogP contribution in [0, 0.1) is 5.82 Å². The molecule has 0 saturated heterocycles. The molecule has 0 saturated carbocycles. The first-order chi connectivity index (χ1) is 13.0. The number of rotatable bonds is 6. The van der Waals surface area contributed by atoms with Crippen LogP contribution in [0.2, 0.25) is 0 Å². The van der Waals surface area contributed by atoms with Gasteiger partial charge < -0.3 is 24.6 Å². The second kappa shape index (κ2) is 7.88. The van der Waals surface area contributed by atoms with Crippen molar-refractivity contribution in [3.05, 3.63) is 84.0 Å². The van der Waals surface area contributed by atoms with Gasteiger partial charge in [0, 0.05) is 12.1 Å². The number of carbonyl (C=O) groups is 2. The molecule has 2 heterocycles. The molecule has 0 aliphatic carbocycles. The summed E-state index contributed by atoms with van der Waals surface area (Å²) in [5.41, 5.74) is -0.684. The average Bonchev–Trinajstić information content (AvgIpc) is 3.39.